The molecule has 2 aromatic heterocycles. The number of nitrogens with one attached hydrogen (secondary N) is 2. The van der Waals surface area contributed by atoms with Gasteiger partial charge in [-0.2, -0.15) is 5.10 Å². The standard InChI is InChI=1S/C10H12N6O2/c1-6-2-9(13-5-8(6)16(17)18)12-3-7-4-14-15-10(7)11/h2,4-5H,3H2,1H3,(H,12,13)(H3,11,14,15). The molecule has 0 fully saturated rings. The Morgan fingerprint density at radius 3 is 2.89 bits per heavy atom. The number of anilines is 2. The Bertz CT molecular complexity index is 579. The van der Waals surface area contributed by atoms with E-state index in [1.165, 1.54) is 6.20 Å². The number of hydrogen-bond acceptors (Lipinski definition) is 6. The Morgan fingerprint density at radius 2 is 2.33 bits per heavy atom. The number of nitro groups is 1. The van der Waals surface area contributed by atoms with E-state index in [0.717, 1.165) is 5.56 Å². The highest BCUT2D eigenvalue weighted by molar-refractivity contribution is 5.48. The number of nitrogens with zero attached hydrogens (tertiary/aromatic N) is 3. The number of aromatic amines is 1. The van der Waals surface area contributed by atoms with Crippen molar-refractivity contribution in [1.29, 1.82) is 0 Å². The van der Waals surface area contributed by atoms with Crippen molar-refractivity contribution in [3.8, 4) is 0 Å². The van der Waals surface area contributed by atoms with Gasteiger partial charge < -0.3 is 11.1 Å². The van der Waals surface area contributed by atoms with Gasteiger partial charge in [-0.3, -0.25) is 15.2 Å². The van der Waals surface area contributed by atoms with Crippen LogP contribution in [0, 0.1) is 17.0 Å². The van der Waals surface area contributed by atoms with Crippen molar-refractivity contribution in [3.63, 3.8) is 0 Å². The molecule has 94 valence electrons. The van der Waals surface area contributed by atoms with E-state index < -0.39 is 4.92 Å². The first kappa shape index (κ1) is 11.8. The summed E-state index contributed by atoms with van der Waals surface area (Å²) in [4.78, 5) is 14.1. The van der Waals surface area contributed by atoms with Gasteiger partial charge >= 0.3 is 0 Å². The average molecular weight is 248 g/mol. The average Bonchev–Trinajstić information content (AvgIpc) is 2.72. The predicted molar refractivity (Wildman–Crippen MR) is 66.0 cm³/mol. The van der Waals surface area contributed by atoms with Crippen LogP contribution in [-0.2, 0) is 6.54 Å². The predicted octanol–water partition coefficient (Wildman–Crippen LogP) is 1.22. The summed E-state index contributed by atoms with van der Waals surface area (Å²) in [5.74, 6) is 1.04. The zero-order valence-corrected chi connectivity index (χ0v) is 9.67. The lowest BCUT2D eigenvalue weighted by Crippen LogP contribution is -2.04. The highest BCUT2D eigenvalue weighted by atomic mass is 16.6. The third-order valence-electron chi connectivity index (χ3n) is 2.49. The van der Waals surface area contributed by atoms with Gasteiger partial charge in [0, 0.05) is 17.7 Å². The Morgan fingerprint density at radius 1 is 1.56 bits per heavy atom. The zero-order valence-electron chi connectivity index (χ0n) is 9.67. The summed E-state index contributed by atoms with van der Waals surface area (Å²) in [5, 5.41) is 20.1. The van der Waals surface area contributed by atoms with Crippen LogP contribution in [0.15, 0.2) is 18.5 Å². The molecule has 2 rings (SSSR count). The minimum absolute atomic E-state index is 0.00313. The molecule has 0 atom stereocenters. The summed E-state index contributed by atoms with van der Waals surface area (Å²) < 4.78 is 0. The molecule has 0 bridgehead atoms. The SMILES string of the molecule is Cc1cc(NCc2cn[nH]c2N)ncc1[N+](=O)[O-]. The van der Waals surface area contributed by atoms with E-state index in [9.17, 15) is 10.1 Å². The molecule has 0 aliphatic carbocycles. The Balaban J connectivity index is 2.09. The molecule has 0 aliphatic rings. The molecule has 0 aliphatic heterocycles. The molecule has 0 radical (unpaired) electrons. The first-order valence-corrected chi connectivity index (χ1v) is 5.20. The van der Waals surface area contributed by atoms with E-state index in [2.05, 4.69) is 20.5 Å². The van der Waals surface area contributed by atoms with Crippen LogP contribution < -0.4 is 11.1 Å². The van der Waals surface area contributed by atoms with Gasteiger partial charge in [-0.25, -0.2) is 4.98 Å². The van der Waals surface area contributed by atoms with E-state index >= 15 is 0 Å². The van der Waals surface area contributed by atoms with Crippen molar-refractivity contribution in [3.05, 3.63) is 39.7 Å². The van der Waals surface area contributed by atoms with Crippen LogP contribution in [0.1, 0.15) is 11.1 Å². The third kappa shape index (κ3) is 2.37. The van der Waals surface area contributed by atoms with Crippen LogP contribution in [0.25, 0.3) is 0 Å². The van der Waals surface area contributed by atoms with Gasteiger partial charge in [-0.05, 0) is 13.0 Å². The van der Waals surface area contributed by atoms with Crippen LogP contribution in [0.2, 0.25) is 0 Å². The molecule has 4 N–H and O–H groups in total. The maximum absolute atomic E-state index is 10.6. The molecule has 18 heavy (non-hydrogen) atoms. The van der Waals surface area contributed by atoms with Crippen molar-refractivity contribution >= 4 is 17.3 Å². The summed E-state index contributed by atoms with van der Waals surface area (Å²) in [6.07, 6.45) is 2.84. The Hall–Kier alpha value is -2.64. The number of hydrogen-bond donors (Lipinski definition) is 3. The van der Waals surface area contributed by atoms with Crippen LogP contribution in [0.4, 0.5) is 17.3 Å². The van der Waals surface area contributed by atoms with Crippen molar-refractivity contribution in [2.45, 2.75) is 13.5 Å². The minimum Gasteiger partial charge on any atom is -0.384 e. The highest BCUT2D eigenvalue weighted by Crippen LogP contribution is 2.19. The third-order valence-corrected chi connectivity index (χ3v) is 2.49. The van der Waals surface area contributed by atoms with E-state index in [4.69, 9.17) is 5.73 Å². The second-order valence-electron chi connectivity index (χ2n) is 3.78. The Labute approximate surface area is 102 Å². The number of nitrogen functional groups attached to an aromatic ring is 1. The van der Waals surface area contributed by atoms with E-state index in [-0.39, 0.29) is 5.69 Å². The molecular formula is C10H12N6O2. The lowest BCUT2D eigenvalue weighted by atomic mass is 10.2. The van der Waals surface area contributed by atoms with E-state index in [0.29, 0.717) is 23.7 Å². The van der Waals surface area contributed by atoms with Gasteiger partial charge in [0.1, 0.15) is 17.8 Å². The number of rotatable bonds is 4. The van der Waals surface area contributed by atoms with Crippen LogP contribution in [0.3, 0.4) is 0 Å². The number of aromatic nitrogens is 3. The largest absolute Gasteiger partial charge is 0.384 e. The van der Waals surface area contributed by atoms with Crippen molar-refractivity contribution in [2.24, 2.45) is 0 Å². The monoisotopic (exact) mass is 248 g/mol. The van der Waals surface area contributed by atoms with Gasteiger partial charge in [-0.1, -0.05) is 0 Å². The summed E-state index contributed by atoms with van der Waals surface area (Å²) in [6, 6.07) is 1.62. The summed E-state index contributed by atoms with van der Waals surface area (Å²) in [5.41, 5.74) is 7.00. The lowest BCUT2D eigenvalue weighted by molar-refractivity contribution is -0.385. The van der Waals surface area contributed by atoms with Crippen molar-refractivity contribution in [1.82, 2.24) is 15.2 Å². The molecule has 8 heteroatoms. The molecule has 2 aromatic rings. The molecule has 0 saturated carbocycles. The van der Waals surface area contributed by atoms with Crippen LogP contribution in [0.5, 0.6) is 0 Å². The molecular weight excluding hydrogens is 236 g/mol. The quantitative estimate of drug-likeness (QED) is 0.552. The topological polar surface area (TPSA) is 123 Å². The Kier molecular flexibility index (Phi) is 3.09. The van der Waals surface area contributed by atoms with Gasteiger partial charge in [-0.15, -0.1) is 0 Å². The fraction of sp³-hybridized carbons (Fsp3) is 0.200. The molecule has 0 unspecified atom stereocenters. The zero-order chi connectivity index (χ0) is 13.1. The molecule has 8 nitrogen and oxygen atoms in total. The van der Waals surface area contributed by atoms with Crippen molar-refractivity contribution < 1.29 is 4.92 Å². The fourth-order valence-electron chi connectivity index (χ4n) is 1.48. The smallest absolute Gasteiger partial charge is 0.290 e. The van der Waals surface area contributed by atoms with Gasteiger partial charge in [0.05, 0.1) is 11.1 Å². The van der Waals surface area contributed by atoms with Gasteiger partial charge in [0.15, 0.2) is 0 Å². The highest BCUT2D eigenvalue weighted by Gasteiger charge is 2.11. The maximum atomic E-state index is 10.6. The first-order chi connectivity index (χ1) is 8.58. The van der Waals surface area contributed by atoms with Crippen LogP contribution in [-0.4, -0.2) is 20.1 Å². The van der Waals surface area contributed by atoms with Gasteiger partial charge in [0.25, 0.3) is 5.69 Å². The summed E-state index contributed by atoms with van der Waals surface area (Å²) >= 11 is 0. The first-order valence-electron chi connectivity index (χ1n) is 5.20. The number of aryl methyl sites for hydroxylation is 1. The number of pyridine rings is 1. The number of H-pyrrole nitrogens is 1. The minimum atomic E-state index is -0.458. The van der Waals surface area contributed by atoms with Crippen LogP contribution >= 0.6 is 0 Å². The van der Waals surface area contributed by atoms with E-state index in [1.807, 2.05) is 0 Å². The molecule has 2 heterocycles. The second-order valence-corrected chi connectivity index (χ2v) is 3.78. The lowest BCUT2D eigenvalue weighted by Gasteiger charge is -2.05. The normalized spacial score (nSPS) is 10.3. The van der Waals surface area contributed by atoms with Crippen molar-refractivity contribution in [2.75, 3.05) is 11.1 Å². The summed E-state index contributed by atoms with van der Waals surface area (Å²) in [6.45, 7) is 2.11. The molecule has 0 spiro atoms. The second kappa shape index (κ2) is 4.70. The fourth-order valence-corrected chi connectivity index (χ4v) is 1.48. The number of nitrogens with two attached hydrogens (primary N) is 1. The molecule has 0 aromatic carbocycles. The maximum Gasteiger partial charge on any atom is 0.290 e. The molecule has 0 amide bonds. The van der Waals surface area contributed by atoms with Gasteiger partial charge in [0.2, 0.25) is 0 Å². The summed E-state index contributed by atoms with van der Waals surface area (Å²) in [7, 11) is 0. The molecule has 0 saturated heterocycles. The van der Waals surface area contributed by atoms with E-state index in [1.54, 1.807) is 19.2 Å².